The summed E-state index contributed by atoms with van der Waals surface area (Å²) in [4.78, 5) is 0. The van der Waals surface area contributed by atoms with E-state index in [1.54, 1.807) is 0 Å². The van der Waals surface area contributed by atoms with Crippen molar-refractivity contribution < 1.29 is 5.11 Å². The van der Waals surface area contributed by atoms with Crippen molar-refractivity contribution in [2.24, 2.45) is 0 Å². The van der Waals surface area contributed by atoms with E-state index in [2.05, 4.69) is 30.6 Å². The molecule has 0 saturated heterocycles. The van der Waals surface area contributed by atoms with Crippen LogP contribution in [0.2, 0.25) is 0 Å². The Morgan fingerprint density at radius 3 is 2.20 bits per heavy atom. The molecule has 0 aromatic carbocycles. The highest BCUT2D eigenvalue weighted by Crippen LogP contribution is 1.96. The minimum atomic E-state index is -0.0505. The second-order valence-corrected chi connectivity index (χ2v) is 3.20. The van der Waals surface area contributed by atoms with Crippen molar-refractivity contribution in [1.29, 1.82) is 0 Å². The van der Waals surface area contributed by atoms with Crippen molar-refractivity contribution in [2.45, 2.75) is 45.4 Å². The van der Waals surface area contributed by atoms with Crippen molar-refractivity contribution in [3.05, 3.63) is 12.2 Å². The fourth-order valence-corrected chi connectivity index (χ4v) is 1.04. The monoisotopic (exact) mass is 204 g/mol. The molecule has 82 valence electrons. The predicted octanol–water partition coefficient (Wildman–Crippen LogP) is 2.90. The zero-order valence-corrected chi connectivity index (χ0v) is 9.55. The van der Waals surface area contributed by atoms with Gasteiger partial charge in [0, 0.05) is 19.3 Å². The molecule has 0 heterocycles. The third-order valence-electron chi connectivity index (χ3n) is 1.84. The first-order valence-corrected chi connectivity index (χ1v) is 5.59. The van der Waals surface area contributed by atoms with Gasteiger partial charge in [0.2, 0.25) is 0 Å². The van der Waals surface area contributed by atoms with Crippen molar-refractivity contribution in [2.75, 3.05) is 6.61 Å². The summed E-state index contributed by atoms with van der Waals surface area (Å²) in [5, 5.41) is 8.39. The van der Waals surface area contributed by atoms with Crippen LogP contribution < -0.4 is 0 Å². The van der Waals surface area contributed by atoms with Gasteiger partial charge < -0.3 is 5.11 Å². The van der Waals surface area contributed by atoms with E-state index in [4.69, 9.17) is 5.11 Å². The van der Waals surface area contributed by atoms with Crippen LogP contribution in [-0.4, -0.2) is 11.7 Å². The summed E-state index contributed by atoms with van der Waals surface area (Å²) in [5.74, 6) is 11.7. The van der Waals surface area contributed by atoms with E-state index in [0.717, 1.165) is 12.8 Å². The highest BCUT2D eigenvalue weighted by atomic mass is 16.2. The van der Waals surface area contributed by atoms with Gasteiger partial charge in [0.1, 0.15) is 6.61 Å². The van der Waals surface area contributed by atoms with Gasteiger partial charge in [-0.15, -0.1) is 5.92 Å². The molecule has 1 nitrogen and oxygen atoms in total. The molecule has 0 aromatic heterocycles. The van der Waals surface area contributed by atoms with Crippen LogP contribution in [0.4, 0.5) is 0 Å². The molecule has 0 amide bonds. The zero-order valence-electron chi connectivity index (χ0n) is 9.55. The van der Waals surface area contributed by atoms with Crippen LogP contribution in [0.5, 0.6) is 0 Å². The van der Waals surface area contributed by atoms with Crippen LogP contribution in [0.25, 0.3) is 0 Å². The second kappa shape index (κ2) is 12.8. The SMILES string of the molecule is CCCCCC#CC/C=C\CC#CCO. The maximum absolute atomic E-state index is 8.39. The fourth-order valence-electron chi connectivity index (χ4n) is 1.04. The molecule has 0 bridgehead atoms. The van der Waals surface area contributed by atoms with Crippen molar-refractivity contribution >= 4 is 0 Å². The minimum absolute atomic E-state index is 0.0505. The molecule has 0 atom stereocenters. The second-order valence-electron chi connectivity index (χ2n) is 3.20. The van der Waals surface area contributed by atoms with Crippen LogP contribution in [0.15, 0.2) is 12.2 Å². The Bertz CT molecular complexity index is 267. The number of aliphatic hydroxyl groups is 1. The molecule has 1 N–H and O–H groups in total. The standard InChI is InChI=1S/C14H20O/c1-2-3-4-5-6-7-8-9-10-11-12-13-14-15/h9-10,15H,2-5,8,11,14H2,1H3/b10-9-. The number of hydrogen-bond donors (Lipinski definition) is 1. The molecule has 0 saturated carbocycles. The van der Waals surface area contributed by atoms with E-state index in [1.165, 1.54) is 19.3 Å². The average molecular weight is 204 g/mol. The van der Waals surface area contributed by atoms with Crippen LogP contribution in [0.3, 0.4) is 0 Å². The Morgan fingerprint density at radius 1 is 0.933 bits per heavy atom. The Hall–Kier alpha value is -1.18. The number of unbranched alkanes of at least 4 members (excludes halogenated alkanes) is 3. The van der Waals surface area contributed by atoms with Crippen molar-refractivity contribution in [1.82, 2.24) is 0 Å². The van der Waals surface area contributed by atoms with Gasteiger partial charge >= 0.3 is 0 Å². The lowest BCUT2D eigenvalue weighted by atomic mass is 10.2. The largest absolute Gasteiger partial charge is 0.384 e. The van der Waals surface area contributed by atoms with E-state index in [9.17, 15) is 0 Å². The third kappa shape index (κ3) is 12.8. The molecule has 0 radical (unpaired) electrons. The highest BCUT2D eigenvalue weighted by molar-refractivity contribution is 5.08. The molecule has 0 rings (SSSR count). The summed E-state index contributed by atoms with van der Waals surface area (Å²) in [7, 11) is 0. The zero-order chi connectivity index (χ0) is 11.2. The molecule has 0 aliphatic heterocycles. The molecule has 0 aromatic rings. The number of hydrogen-bond acceptors (Lipinski definition) is 1. The van der Waals surface area contributed by atoms with E-state index in [-0.39, 0.29) is 6.61 Å². The van der Waals surface area contributed by atoms with E-state index in [1.807, 2.05) is 12.2 Å². The molecule has 0 aliphatic rings. The molecule has 0 spiro atoms. The van der Waals surface area contributed by atoms with Crippen molar-refractivity contribution in [3.8, 4) is 23.7 Å². The van der Waals surface area contributed by atoms with Gasteiger partial charge in [0.25, 0.3) is 0 Å². The first-order valence-electron chi connectivity index (χ1n) is 5.59. The molecular weight excluding hydrogens is 184 g/mol. The van der Waals surface area contributed by atoms with Gasteiger partial charge in [0.15, 0.2) is 0 Å². The molecule has 0 unspecified atom stereocenters. The molecule has 0 aliphatic carbocycles. The smallest absolute Gasteiger partial charge is 0.104 e. The van der Waals surface area contributed by atoms with Gasteiger partial charge in [-0.2, -0.15) is 0 Å². The Kier molecular flexibility index (Phi) is 11.8. The van der Waals surface area contributed by atoms with Gasteiger partial charge in [-0.25, -0.2) is 0 Å². The summed E-state index contributed by atoms with van der Waals surface area (Å²) in [6.07, 6.45) is 10.3. The summed E-state index contributed by atoms with van der Waals surface area (Å²) >= 11 is 0. The first-order chi connectivity index (χ1) is 7.41. The van der Waals surface area contributed by atoms with Gasteiger partial charge in [-0.1, -0.05) is 49.7 Å². The van der Waals surface area contributed by atoms with Crippen LogP contribution in [0, 0.1) is 23.7 Å². The van der Waals surface area contributed by atoms with Gasteiger partial charge in [-0.05, 0) is 6.42 Å². The van der Waals surface area contributed by atoms with E-state index in [0.29, 0.717) is 6.42 Å². The predicted molar refractivity (Wildman–Crippen MR) is 65.2 cm³/mol. The normalized spacial score (nSPS) is 9.20. The maximum atomic E-state index is 8.39. The summed E-state index contributed by atoms with van der Waals surface area (Å²) in [6.45, 7) is 2.15. The summed E-state index contributed by atoms with van der Waals surface area (Å²) < 4.78 is 0. The summed E-state index contributed by atoms with van der Waals surface area (Å²) in [6, 6.07) is 0. The molecule has 15 heavy (non-hydrogen) atoms. The van der Waals surface area contributed by atoms with Gasteiger partial charge in [0.05, 0.1) is 0 Å². The molecule has 0 fully saturated rings. The first kappa shape index (κ1) is 13.8. The van der Waals surface area contributed by atoms with Crippen LogP contribution >= 0.6 is 0 Å². The lowest BCUT2D eigenvalue weighted by Gasteiger charge is -1.87. The quantitative estimate of drug-likeness (QED) is 0.415. The highest BCUT2D eigenvalue weighted by Gasteiger charge is 1.79. The topological polar surface area (TPSA) is 20.2 Å². The van der Waals surface area contributed by atoms with E-state index < -0.39 is 0 Å². The number of allylic oxidation sites excluding steroid dienone is 2. The Morgan fingerprint density at radius 2 is 1.60 bits per heavy atom. The molecular formula is C14H20O. The molecule has 1 heteroatoms. The Labute approximate surface area is 93.6 Å². The fraction of sp³-hybridized carbons (Fsp3) is 0.571. The number of aliphatic hydroxyl groups excluding tert-OH is 1. The number of rotatable bonds is 5. The summed E-state index contributed by atoms with van der Waals surface area (Å²) in [5.41, 5.74) is 0. The Balaban J connectivity index is 3.35. The lowest BCUT2D eigenvalue weighted by molar-refractivity contribution is 0.350. The average Bonchev–Trinajstić information content (AvgIpc) is 2.26. The van der Waals surface area contributed by atoms with Gasteiger partial charge in [-0.3, -0.25) is 0 Å². The third-order valence-corrected chi connectivity index (χ3v) is 1.84. The van der Waals surface area contributed by atoms with E-state index >= 15 is 0 Å². The minimum Gasteiger partial charge on any atom is -0.384 e. The van der Waals surface area contributed by atoms with Crippen molar-refractivity contribution in [3.63, 3.8) is 0 Å². The lowest BCUT2D eigenvalue weighted by Crippen LogP contribution is -1.71. The van der Waals surface area contributed by atoms with Crippen LogP contribution in [-0.2, 0) is 0 Å². The maximum Gasteiger partial charge on any atom is 0.104 e. The van der Waals surface area contributed by atoms with Crippen LogP contribution in [0.1, 0.15) is 45.4 Å².